The summed E-state index contributed by atoms with van der Waals surface area (Å²) in [7, 11) is 1.42. The van der Waals surface area contributed by atoms with E-state index in [0.717, 1.165) is 62.0 Å². The second-order valence-electron chi connectivity index (χ2n) is 8.34. The third kappa shape index (κ3) is 6.44. The van der Waals surface area contributed by atoms with Crippen LogP contribution in [0.3, 0.4) is 0 Å². The fourth-order valence-corrected chi connectivity index (χ4v) is 5.71. The van der Waals surface area contributed by atoms with Crippen molar-refractivity contribution in [2.24, 2.45) is 5.92 Å². The van der Waals surface area contributed by atoms with E-state index in [1.54, 1.807) is 0 Å². The molecule has 1 aromatic carbocycles. The Kier molecular flexibility index (Phi) is 9.18. The number of carbonyl (C=O) groups is 1. The maximum Gasteiger partial charge on any atom is 0.348 e. The summed E-state index contributed by atoms with van der Waals surface area (Å²) in [5.74, 6) is 0.204. The monoisotopic (exact) mass is 460 g/mol. The molecule has 0 saturated carbocycles. The standard InChI is InChI=1S/C26H33ClO3S/c1-3-4-5-9-23(28)18-10-12-20(13-11-18)25-19(14-16-22(25)27)7-6-8-21-15-17-24(31-21)26(29)30-2/h10-13,15,17,19,23,28H,3-9,14,16H2,1-2H3/t19-,23?/m0/s1. The Bertz CT molecular complexity index is 884. The number of unbranched alkanes of at least 4 members (excludes halogenated alkanes) is 2. The van der Waals surface area contributed by atoms with Gasteiger partial charge in [0.25, 0.3) is 0 Å². The average Bonchev–Trinajstić information content (AvgIpc) is 3.40. The molecule has 0 fully saturated rings. The van der Waals surface area contributed by atoms with Crippen LogP contribution in [0.1, 0.15) is 90.1 Å². The van der Waals surface area contributed by atoms with Crippen molar-refractivity contribution in [3.8, 4) is 0 Å². The third-order valence-corrected chi connectivity index (χ3v) is 7.64. The summed E-state index contributed by atoms with van der Waals surface area (Å²) in [6.45, 7) is 2.18. The van der Waals surface area contributed by atoms with Crippen molar-refractivity contribution in [2.45, 2.75) is 70.8 Å². The number of esters is 1. The van der Waals surface area contributed by atoms with Crippen LogP contribution >= 0.6 is 22.9 Å². The van der Waals surface area contributed by atoms with Gasteiger partial charge in [0.1, 0.15) is 4.88 Å². The second kappa shape index (κ2) is 11.8. The van der Waals surface area contributed by atoms with Crippen molar-refractivity contribution in [1.29, 1.82) is 0 Å². The molecule has 1 aliphatic rings. The van der Waals surface area contributed by atoms with Gasteiger partial charge in [-0.2, -0.15) is 0 Å². The molecule has 1 aliphatic carbocycles. The molecule has 3 nitrogen and oxygen atoms in total. The molecule has 0 radical (unpaired) electrons. The molecule has 2 aromatic rings. The SMILES string of the molecule is CCCCCC(O)c1ccc(C2=C(Cl)CC[C@@H]2CCCc2ccc(C(=O)OC)s2)cc1. The van der Waals surface area contributed by atoms with Crippen LogP contribution in [0.15, 0.2) is 41.4 Å². The zero-order valence-electron chi connectivity index (χ0n) is 18.5. The molecule has 1 aromatic heterocycles. The first-order valence-corrected chi connectivity index (χ1v) is 12.6. The summed E-state index contributed by atoms with van der Waals surface area (Å²) in [5, 5.41) is 11.4. The Balaban J connectivity index is 1.57. The lowest BCUT2D eigenvalue weighted by Gasteiger charge is -2.17. The van der Waals surface area contributed by atoms with E-state index in [-0.39, 0.29) is 12.1 Å². The number of halogens is 1. The highest BCUT2D eigenvalue weighted by Crippen LogP contribution is 2.43. The summed E-state index contributed by atoms with van der Waals surface area (Å²) < 4.78 is 4.79. The van der Waals surface area contributed by atoms with Gasteiger partial charge < -0.3 is 9.84 Å². The van der Waals surface area contributed by atoms with Gasteiger partial charge in [0.15, 0.2) is 0 Å². The van der Waals surface area contributed by atoms with Crippen molar-refractivity contribution in [1.82, 2.24) is 0 Å². The Labute approximate surface area is 195 Å². The number of allylic oxidation sites excluding steroid dienone is 2. The minimum atomic E-state index is -0.384. The molecule has 3 rings (SSSR count). The smallest absolute Gasteiger partial charge is 0.348 e. The molecule has 2 atom stereocenters. The number of rotatable bonds is 11. The predicted octanol–water partition coefficient (Wildman–Crippen LogP) is 7.53. The van der Waals surface area contributed by atoms with Gasteiger partial charge in [-0.05, 0) is 73.3 Å². The average molecular weight is 461 g/mol. The van der Waals surface area contributed by atoms with Crippen molar-refractivity contribution in [3.05, 3.63) is 62.3 Å². The Morgan fingerprint density at radius 1 is 1.19 bits per heavy atom. The molecule has 31 heavy (non-hydrogen) atoms. The number of aliphatic hydroxyl groups is 1. The summed E-state index contributed by atoms with van der Waals surface area (Å²) >= 11 is 8.15. The second-order valence-corrected chi connectivity index (χ2v) is 9.96. The maximum atomic E-state index is 11.6. The van der Waals surface area contributed by atoms with Gasteiger partial charge in [0, 0.05) is 9.91 Å². The van der Waals surface area contributed by atoms with Crippen molar-refractivity contribution in [2.75, 3.05) is 7.11 Å². The van der Waals surface area contributed by atoms with Gasteiger partial charge in [-0.3, -0.25) is 0 Å². The molecule has 1 N–H and O–H groups in total. The fraction of sp³-hybridized carbons (Fsp3) is 0.500. The molecule has 5 heteroatoms. The lowest BCUT2D eigenvalue weighted by atomic mass is 9.89. The van der Waals surface area contributed by atoms with Crippen LogP contribution < -0.4 is 0 Å². The molecule has 0 spiro atoms. The van der Waals surface area contributed by atoms with E-state index in [1.165, 1.54) is 40.9 Å². The highest BCUT2D eigenvalue weighted by atomic mass is 35.5. The summed E-state index contributed by atoms with van der Waals surface area (Å²) in [4.78, 5) is 13.5. The molecule has 1 unspecified atom stereocenters. The number of aryl methyl sites for hydroxylation is 1. The highest BCUT2D eigenvalue weighted by Gasteiger charge is 2.25. The van der Waals surface area contributed by atoms with Gasteiger partial charge in [-0.25, -0.2) is 4.79 Å². The predicted molar refractivity (Wildman–Crippen MR) is 130 cm³/mol. The summed E-state index contributed by atoms with van der Waals surface area (Å²) in [6, 6.07) is 12.2. The van der Waals surface area contributed by atoms with Gasteiger partial charge in [-0.15, -0.1) is 11.3 Å². The van der Waals surface area contributed by atoms with Gasteiger partial charge in [0.2, 0.25) is 0 Å². The first kappa shape index (κ1) is 24.0. The number of ether oxygens (including phenoxy) is 1. The Morgan fingerprint density at radius 3 is 2.68 bits per heavy atom. The van der Waals surface area contributed by atoms with E-state index in [2.05, 4.69) is 31.2 Å². The van der Waals surface area contributed by atoms with Crippen LogP contribution in [0, 0.1) is 5.92 Å². The Morgan fingerprint density at radius 2 is 1.97 bits per heavy atom. The number of hydrogen-bond acceptors (Lipinski definition) is 4. The molecule has 0 saturated heterocycles. The normalized spacial score (nSPS) is 17.2. The molecule has 0 bridgehead atoms. The van der Waals surface area contributed by atoms with Crippen molar-refractivity contribution in [3.63, 3.8) is 0 Å². The van der Waals surface area contributed by atoms with E-state index in [9.17, 15) is 9.90 Å². The first-order chi connectivity index (χ1) is 15.0. The molecular weight excluding hydrogens is 428 g/mol. The number of methoxy groups -OCH3 is 1. The van der Waals surface area contributed by atoms with Gasteiger partial charge in [0.05, 0.1) is 13.2 Å². The van der Waals surface area contributed by atoms with E-state index in [1.807, 2.05) is 12.1 Å². The van der Waals surface area contributed by atoms with Crippen LogP contribution in [0.25, 0.3) is 5.57 Å². The molecule has 0 aliphatic heterocycles. The third-order valence-electron chi connectivity index (χ3n) is 6.12. The van der Waals surface area contributed by atoms with Crippen LogP contribution in [0.4, 0.5) is 0 Å². The number of hydrogen-bond donors (Lipinski definition) is 1. The first-order valence-electron chi connectivity index (χ1n) is 11.4. The van der Waals surface area contributed by atoms with E-state index < -0.39 is 0 Å². The maximum absolute atomic E-state index is 11.6. The quantitative estimate of drug-likeness (QED) is 0.278. The van der Waals surface area contributed by atoms with E-state index >= 15 is 0 Å². The molecule has 0 amide bonds. The van der Waals surface area contributed by atoms with E-state index in [0.29, 0.717) is 10.8 Å². The fourth-order valence-electron chi connectivity index (χ4n) is 4.37. The molecular formula is C26H33ClO3S. The van der Waals surface area contributed by atoms with Crippen molar-refractivity contribution >= 4 is 34.5 Å². The lowest BCUT2D eigenvalue weighted by Crippen LogP contribution is -2.02. The van der Waals surface area contributed by atoms with Crippen LogP contribution in [0.2, 0.25) is 0 Å². The van der Waals surface area contributed by atoms with Gasteiger partial charge >= 0.3 is 5.97 Å². The topological polar surface area (TPSA) is 46.5 Å². The summed E-state index contributed by atoms with van der Waals surface area (Å²) in [6.07, 6.45) is 8.96. The number of benzene rings is 1. The zero-order valence-corrected chi connectivity index (χ0v) is 20.1. The number of aliphatic hydroxyl groups excluding tert-OH is 1. The minimum Gasteiger partial charge on any atom is -0.465 e. The van der Waals surface area contributed by atoms with E-state index in [4.69, 9.17) is 16.3 Å². The zero-order chi connectivity index (χ0) is 22.2. The Hall–Kier alpha value is -1.62. The summed E-state index contributed by atoms with van der Waals surface area (Å²) in [5.41, 5.74) is 3.45. The van der Waals surface area contributed by atoms with Crippen LogP contribution in [-0.4, -0.2) is 18.2 Å². The number of carbonyl (C=O) groups excluding carboxylic acids is 1. The van der Waals surface area contributed by atoms with Gasteiger partial charge in [-0.1, -0.05) is 62.1 Å². The van der Waals surface area contributed by atoms with Crippen molar-refractivity contribution < 1.29 is 14.6 Å². The minimum absolute atomic E-state index is 0.261. The highest BCUT2D eigenvalue weighted by molar-refractivity contribution is 7.13. The number of thiophene rings is 1. The molecule has 168 valence electrons. The van der Waals surface area contributed by atoms with Crippen LogP contribution in [0.5, 0.6) is 0 Å². The molecule has 1 heterocycles. The largest absolute Gasteiger partial charge is 0.465 e. The lowest BCUT2D eigenvalue weighted by molar-refractivity contribution is 0.0606. The van der Waals surface area contributed by atoms with Crippen LogP contribution in [-0.2, 0) is 11.2 Å².